The van der Waals surface area contributed by atoms with Crippen LogP contribution in [0, 0.1) is 6.92 Å². The zero-order valence-electron chi connectivity index (χ0n) is 13.6. The van der Waals surface area contributed by atoms with Gasteiger partial charge in [0.2, 0.25) is 5.89 Å². The highest BCUT2D eigenvalue weighted by Crippen LogP contribution is 2.32. The summed E-state index contributed by atoms with van der Waals surface area (Å²) in [5.74, 6) is 1.09. The summed E-state index contributed by atoms with van der Waals surface area (Å²) in [6, 6.07) is 1.71. The maximum atomic E-state index is 13.0. The molecule has 1 aliphatic rings. The highest BCUT2D eigenvalue weighted by Gasteiger charge is 2.35. The second-order valence-electron chi connectivity index (χ2n) is 5.95. The van der Waals surface area contributed by atoms with Gasteiger partial charge in [0.15, 0.2) is 11.5 Å². The number of hydrogen-bond donors (Lipinski definition) is 0. The van der Waals surface area contributed by atoms with Gasteiger partial charge in [-0.2, -0.15) is 10.1 Å². The molecule has 3 aromatic rings. The predicted octanol–water partition coefficient (Wildman–Crippen LogP) is 1.96. The molecular weight excluding hydrogens is 308 g/mol. The molecule has 1 aliphatic heterocycles. The number of carbonyl (C=O) groups excluding carboxylic acids is 1. The zero-order chi connectivity index (χ0) is 16.7. The molecule has 0 N–H and O–H groups in total. The lowest BCUT2D eigenvalue weighted by Crippen LogP contribution is -2.31. The number of carbonyl (C=O) groups is 1. The van der Waals surface area contributed by atoms with E-state index in [0.29, 0.717) is 35.9 Å². The average molecular weight is 326 g/mol. The second kappa shape index (κ2) is 5.70. The molecule has 8 nitrogen and oxygen atoms in total. The number of rotatable bonds is 3. The van der Waals surface area contributed by atoms with Crippen LogP contribution in [0.3, 0.4) is 0 Å². The molecule has 4 heterocycles. The number of aryl methyl sites for hydroxylation is 2. The number of likely N-dealkylation sites (tertiary alicyclic amines) is 1. The standard InChI is InChI=1S/C16H18N6O2/c1-3-13-19-14(20-24-13)12-5-4-7-21(12)16(23)11-9-17-22-8-6-10(2)18-15(11)22/h6,8-9,12H,3-5,7H2,1-2H3/t12-/m0/s1. The van der Waals surface area contributed by atoms with Gasteiger partial charge in [0.05, 0.1) is 12.2 Å². The van der Waals surface area contributed by atoms with E-state index in [1.807, 2.05) is 26.1 Å². The van der Waals surface area contributed by atoms with Crippen LogP contribution in [0.5, 0.6) is 0 Å². The Morgan fingerprint density at radius 1 is 1.42 bits per heavy atom. The Morgan fingerprint density at radius 2 is 2.29 bits per heavy atom. The monoisotopic (exact) mass is 326 g/mol. The molecule has 0 unspecified atom stereocenters. The fourth-order valence-corrected chi connectivity index (χ4v) is 3.09. The van der Waals surface area contributed by atoms with Gasteiger partial charge in [0, 0.05) is 24.9 Å². The molecule has 0 radical (unpaired) electrons. The fraction of sp³-hybridized carbons (Fsp3) is 0.438. The van der Waals surface area contributed by atoms with Crippen LogP contribution in [0.2, 0.25) is 0 Å². The summed E-state index contributed by atoms with van der Waals surface area (Å²) >= 11 is 0. The van der Waals surface area contributed by atoms with E-state index in [-0.39, 0.29) is 11.9 Å². The van der Waals surface area contributed by atoms with E-state index in [0.717, 1.165) is 18.5 Å². The minimum absolute atomic E-state index is 0.0894. The molecule has 3 aromatic heterocycles. The Balaban J connectivity index is 1.68. The third-order valence-electron chi connectivity index (χ3n) is 4.34. The summed E-state index contributed by atoms with van der Waals surface area (Å²) in [4.78, 5) is 23.7. The Labute approximate surface area is 138 Å². The van der Waals surface area contributed by atoms with Crippen LogP contribution in [0.15, 0.2) is 23.0 Å². The lowest BCUT2D eigenvalue weighted by Gasteiger charge is -2.21. The van der Waals surface area contributed by atoms with Crippen LogP contribution in [0.25, 0.3) is 5.65 Å². The van der Waals surface area contributed by atoms with Crippen molar-refractivity contribution in [3.63, 3.8) is 0 Å². The minimum Gasteiger partial charge on any atom is -0.339 e. The molecule has 1 atom stereocenters. The molecule has 0 aliphatic carbocycles. The summed E-state index contributed by atoms with van der Waals surface area (Å²) in [6.07, 6.45) is 5.82. The van der Waals surface area contributed by atoms with Crippen LogP contribution in [-0.4, -0.2) is 42.1 Å². The van der Waals surface area contributed by atoms with E-state index in [1.165, 1.54) is 0 Å². The number of nitrogens with zero attached hydrogens (tertiary/aromatic N) is 6. The summed E-state index contributed by atoms with van der Waals surface area (Å²) in [5.41, 5.74) is 1.93. The average Bonchev–Trinajstić information content (AvgIpc) is 3.31. The lowest BCUT2D eigenvalue weighted by atomic mass is 10.2. The van der Waals surface area contributed by atoms with E-state index in [1.54, 1.807) is 15.6 Å². The van der Waals surface area contributed by atoms with Gasteiger partial charge in [0.1, 0.15) is 5.56 Å². The maximum absolute atomic E-state index is 13.0. The highest BCUT2D eigenvalue weighted by atomic mass is 16.5. The first kappa shape index (κ1) is 14.8. The van der Waals surface area contributed by atoms with Gasteiger partial charge in [-0.05, 0) is 25.8 Å². The molecule has 8 heteroatoms. The van der Waals surface area contributed by atoms with Gasteiger partial charge in [-0.3, -0.25) is 4.79 Å². The van der Waals surface area contributed by atoms with E-state index in [4.69, 9.17) is 4.52 Å². The number of fused-ring (bicyclic) bond motifs is 1. The molecule has 0 saturated carbocycles. The zero-order valence-corrected chi connectivity index (χ0v) is 13.6. The molecular formula is C16H18N6O2. The molecule has 1 amide bonds. The molecule has 124 valence electrons. The van der Waals surface area contributed by atoms with Gasteiger partial charge in [-0.25, -0.2) is 9.50 Å². The second-order valence-corrected chi connectivity index (χ2v) is 5.95. The molecule has 24 heavy (non-hydrogen) atoms. The summed E-state index contributed by atoms with van der Waals surface area (Å²) in [7, 11) is 0. The molecule has 0 bridgehead atoms. The normalized spacial score (nSPS) is 17.8. The third-order valence-corrected chi connectivity index (χ3v) is 4.34. The van der Waals surface area contributed by atoms with E-state index in [2.05, 4.69) is 20.2 Å². The Hall–Kier alpha value is -2.77. The van der Waals surface area contributed by atoms with Crippen molar-refractivity contribution in [1.29, 1.82) is 0 Å². The van der Waals surface area contributed by atoms with Gasteiger partial charge < -0.3 is 9.42 Å². The maximum Gasteiger partial charge on any atom is 0.259 e. The van der Waals surface area contributed by atoms with Crippen LogP contribution in [-0.2, 0) is 6.42 Å². The molecule has 0 spiro atoms. The van der Waals surface area contributed by atoms with Crippen molar-refractivity contribution in [2.75, 3.05) is 6.54 Å². The van der Waals surface area contributed by atoms with Gasteiger partial charge in [-0.15, -0.1) is 0 Å². The fourth-order valence-electron chi connectivity index (χ4n) is 3.09. The quantitative estimate of drug-likeness (QED) is 0.731. The SMILES string of the molecule is CCc1nc([C@@H]2CCCN2C(=O)c2cnn3ccc(C)nc23)no1. The van der Waals surface area contributed by atoms with Crippen molar-refractivity contribution < 1.29 is 9.32 Å². The third kappa shape index (κ3) is 2.34. The van der Waals surface area contributed by atoms with Crippen LogP contribution in [0.1, 0.15) is 53.6 Å². The lowest BCUT2D eigenvalue weighted by molar-refractivity contribution is 0.0730. The number of hydrogen-bond acceptors (Lipinski definition) is 6. The Kier molecular flexibility index (Phi) is 3.51. The van der Waals surface area contributed by atoms with Crippen molar-refractivity contribution in [1.82, 2.24) is 29.6 Å². The first-order valence-electron chi connectivity index (χ1n) is 8.12. The van der Waals surface area contributed by atoms with Crippen molar-refractivity contribution in [3.05, 3.63) is 41.4 Å². The van der Waals surface area contributed by atoms with Gasteiger partial charge in [0.25, 0.3) is 5.91 Å². The topological polar surface area (TPSA) is 89.4 Å². The van der Waals surface area contributed by atoms with E-state index in [9.17, 15) is 4.79 Å². The number of amides is 1. The van der Waals surface area contributed by atoms with E-state index < -0.39 is 0 Å². The molecule has 4 rings (SSSR count). The Bertz CT molecular complexity index is 899. The van der Waals surface area contributed by atoms with Gasteiger partial charge >= 0.3 is 0 Å². The molecule has 0 aromatic carbocycles. The van der Waals surface area contributed by atoms with Gasteiger partial charge in [-0.1, -0.05) is 12.1 Å². The van der Waals surface area contributed by atoms with E-state index >= 15 is 0 Å². The first-order valence-corrected chi connectivity index (χ1v) is 8.12. The van der Waals surface area contributed by atoms with Crippen molar-refractivity contribution >= 4 is 11.6 Å². The van der Waals surface area contributed by atoms with Crippen molar-refractivity contribution in [2.45, 2.75) is 39.2 Å². The summed E-state index contributed by atoms with van der Waals surface area (Å²) in [6.45, 7) is 4.52. The largest absolute Gasteiger partial charge is 0.339 e. The van der Waals surface area contributed by atoms with Crippen LogP contribution >= 0.6 is 0 Å². The molecule has 1 fully saturated rings. The number of aromatic nitrogens is 5. The van der Waals surface area contributed by atoms with Crippen molar-refractivity contribution in [2.24, 2.45) is 0 Å². The van der Waals surface area contributed by atoms with Crippen LogP contribution < -0.4 is 0 Å². The highest BCUT2D eigenvalue weighted by molar-refractivity contribution is 6.00. The summed E-state index contributed by atoms with van der Waals surface area (Å²) in [5, 5.41) is 8.27. The predicted molar refractivity (Wildman–Crippen MR) is 84.4 cm³/mol. The molecule has 1 saturated heterocycles. The van der Waals surface area contributed by atoms with Crippen LogP contribution in [0.4, 0.5) is 0 Å². The minimum atomic E-state index is -0.152. The summed E-state index contributed by atoms with van der Waals surface area (Å²) < 4.78 is 6.82. The Morgan fingerprint density at radius 3 is 3.08 bits per heavy atom. The first-order chi connectivity index (χ1) is 11.7. The smallest absolute Gasteiger partial charge is 0.259 e. The van der Waals surface area contributed by atoms with Crippen molar-refractivity contribution in [3.8, 4) is 0 Å².